The Balaban J connectivity index is 2.11. The van der Waals surface area contributed by atoms with Gasteiger partial charge in [-0.3, -0.25) is 9.58 Å². The Labute approximate surface area is 117 Å². The topological polar surface area (TPSA) is 47.1 Å². The molecule has 1 aromatic rings. The van der Waals surface area contributed by atoms with Crippen LogP contribution >= 0.6 is 0 Å². The number of hydrogen-bond acceptors (Lipinski definition) is 3. The summed E-state index contributed by atoms with van der Waals surface area (Å²) < 4.78 is 1.89. The van der Waals surface area contributed by atoms with Gasteiger partial charge in [0.25, 0.3) is 0 Å². The van der Waals surface area contributed by atoms with Gasteiger partial charge in [-0.2, -0.15) is 5.10 Å². The van der Waals surface area contributed by atoms with Gasteiger partial charge in [0, 0.05) is 31.4 Å². The van der Waals surface area contributed by atoms with E-state index in [-0.39, 0.29) is 0 Å². The van der Waals surface area contributed by atoms with Crippen molar-refractivity contribution < 1.29 is 0 Å². The lowest BCUT2D eigenvalue weighted by Gasteiger charge is -2.38. The molecule has 0 radical (unpaired) electrons. The molecule has 19 heavy (non-hydrogen) atoms. The highest BCUT2D eigenvalue weighted by Crippen LogP contribution is 2.31. The van der Waals surface area contributed by atoms with Gasteiger partial charge in [0.05, 0.1) is 11.7 Å². The molecule has 1 fully saturated rings. The monoisotopic (exact) mass is 264 g/mol. The molecule has 4 heteroatoms. The highest BCUT2D eigenvalue weighted by Gasteiger charge is 2.28. The molecule has 1 aliphatic rings. The lowest BCUT2D eigenvalue weighted by Crippen LogP contribution is -2.40. The largest absolute Gasteiger partial charge is 0.329 e. The van der Waals surface area contributed by atoms with Crippen LogP contribution in [0.3, 0.4) is 0 Å². The van der Waals surface area contributed by atoms with Gasteiger partial charge in [0.1, 0.15) is 0 Å². The minimum absolute atomic E-state index is 0.298. The Hall–Kier alpha value is -0.870. The molecular formula is C15H28N4. The van der Waals surface area contributed by atoms with Crippen LogP contribution < -0.4 is 5.73 Å². The third kappa shape index (κ3) is 3.18. The van der Waals surface area contributed by atoms with Gasteiger partial charge in [0.2, 0.25) is 0 Å². The first-order chi connectivity index (χ1) is 9.02. The zero-order chi connectivity index (χ0) is 14.0. The summed E-state index contributed by atoms with van der Waals surface area (Å²) >= 11 is 0. The van der Waals surface area contributed by atoms with Gasteiger partial charge in [-0.25, -0.2) is 0 Å². The summed E-state index contributed by atoms with van der Waals surface area (Å²) in [5, 5.41) is 4.45. The second-order valence-corrected chi connectivity index (χ2v) is 6.17. The van der Waals surface area contributed by atoms with Crippen LogP contribution in [0.1, 0.15) is 49.9 Å². The first-order valence-corrected chi connectivity index (χ1v) is 7.45. The number of aromatic nitrogens is 2. The number of likely N-dealkylation sites (N-methyl/N-ethyl adjacent to an activating group) is 1. The zero-order valence-corrected chi connectivity index (χ0v) is 12.8. The fourth-order valence-corrected chi connectivity index (χ4v) is 3.36. The third-order valence-electron chi connectivity index (χ3n) is 4.69. The minimum Gasteiger partial charge on any atom is -0.329 e. The van der Waals surface area contributed by atoms with Crippen molar-refractivity contribution in [3.05, 3.63) is 17.5 Å². The molecule has 1 saturated carbocycles. The predicted octanol–water partition coefficient (Wildman–Crippen LogP) is 2.24. The van der Waals surface area contributed by atoms with Gasteiger partial charge >= 0.3 is 0 Å². The highest BCUT2D eigenvalue weighted by atomic mass is 15.3. The molecule has 2 rings (SSSR count). The Morgan fingerprint density at radius 1 is 1.42 bits per heavy atom. The van der Waals surface area contributed by atoms with Gasteiger partial charge in [-0.1, -0.05) is 6.92 Å². The zero-order valence-electron chi connectivity index (χ0n) is 12.8. The molecule has 1 heterocycles. The third-order valence-corrected chi connectivity index (χ3v) is 4.69. The van der Waals surface area contributed by atoms with Crippen LogP contribution in [0.5, 0.6) is 0 Å². The molecule has 0 bridgehead atoms. The maximum absolute atomic E-state index is 6.04. The van der Waals surface area contributed by atoms with Gasteiger partial charge < -0.3 is 5.73 Å². The quantitative estimate of drug-likeness (QED) is 0.907. The van der Waals surface area contributed by atoms with Gasteiger partial charge in [0.15, 0.2) is 0 Å². The molecule has 1 aromatic heterocycles. The first kappa shape index (κ1) is 14.5. The summed E-state index contributed by atoms with van der Waals surface area (Å²) in [5.74, 6) is 0.890. The van der Waals surface area contributed by atoms with Crippen molar-refractivity contribution in [2.24, 2.45) is 18.7 Å². The van der Waals surface area contributed by atoms with Crippen LogP contribution in [0.4, 0.5) is 0 Å². The van der Waals surface area contributed by atoms with E-state index in [0.717, 1.165) is 11.6 Å². The van der Waals surface area contributed by atoms with Crippen molar-refractivity contribution in [2.75, 3.05) is 13.6 Å². The molecular weight excluding hydrogens is 236 g/mol. The van der Waals surface area contributed by atoms with Crippen molar-refractivity contribution in [3.63, 3.8) is 0 Å². The van der Waals surface area contributed by atoms with Crippen LogP contribution in [0, 0.1) is 12.8 Å². The molecule has 0 spiro atoms. The normalized spacial score (nSPS) is 25.8. The molecule has 1 aliphatic carbocycles. The standard InChI is InChI=1S/C15H28N4/c1-11-5-7-13(8-6-11)19(4)15(9-16)14-10-18(3)17-12(14)2/h10-11,13,15H,5-9,16H2,1-4H3. The van der Waals surface area contributed by atoms with E-state index < -0.39 is 0 Å². The average Bonchev–Trinajstić information content (AvgIpc) is 2.70. The van der Waals surface area contributed by atoms with Gasteiger partial charge in [-0.05, 0) is 45.6 Å². The summed E-state index contributed by atoms with van der Waals surface area (Å²) in [5.41, 5.74) is 8.43. The van der Waals surface area contributed by atoms with E-state index in [1.165, 1.54) is 31.2 Å². The van der Waals surface area contributed by atoms with Crippen LogP contribution in [0.15, 0.2) is 6.20 Å². The molecule has 108 valence electrons. The SMILES string of the molecule is Cc1nn(C)cc1C(CN)N(C)C1CCC(C)CC1. The summed E-state index contributed by atoms with van der Waals surface area (Å²) in [6, 6.07) is 0.969. The molecule has 2 N–H and O–H groups in total. The van der Waals surface area contributed by atoms with Crippen LogP contribution in [0.25, 0.3) is 0 Å². The van der Waals surface area contributed by atoms with E-state index in [1.807, 2.05) is 11.7 Å². The molecule has 4 nitrogen and oxygen atoms in total. The van der Waals surface area contributed by atoms with E-state index in [2.05, 4.69) is 37.1 Å². The van der Waals surface area contributed by atoms with E-state index in [1.54, 1.807) is 0 Å². The fraction of sp³-hybridized carbons (Fsp3) is 0.800. The summed E-state index contributed by atoms with van der Waals surface area (Å²) in [6.07, 6.45) is 7.41. The average molecular weight is 264 g/mol. The maximum Gasteiger partial charge on any atom is 0.0641 e. The number of aryl methyl sites for hydroxylation is 2. The fourth-order valence-electron chi connectivity index (χ4n) is 3.36. The Morgan fingerprint density at radius 3 is 2.53 bits per heavy atom. The summed E-state index contributed by atoms with van der Waals surface area (Å²) in [6.45, 7) is 5.10. The number of hydrogen-bond donors (Lipinski definition) is 1. The lowest BCUT2D eigenvalue weighted by molar-refractivity contribution is 0.126. The number of nitrogens with two attached hydrogens (primary N) is 1. The van der Waals surface area contributed by atoms with E-state index in [0.29, 0.717) is 18.6 Å². The lowest BCUT2D eigenvalue weighted by atomic mass is 9.86. The van der Waals surface area contributed by atoms with E-state index in [9.17, 15) is 0 Å². The van der Waals surface area contributed by atoms with Crippen molar-refractivity contribution in [3.8, 4) is 0 Å². The highest BCUT2D eigenvalue weighted by molar-refractivity contribution is 5.20. The van der Waals surface area contributed by atoms with E-state index in [4.69, 9.17) is 5.73 Å². The Bertz CT molecular complexity index is 404. The van der Waals surface area contributed by atoms with Crippen LogP contribution in [-0.4, -0.2) is 34.3 Å². The number of nitrogens with zero attached hydrogens (tertiary/aromatic N) is 3. The Kier molecular flexibility index (Phi) is 4.63. The molecule has 0 aliphatic heterocycles. The van der Waals surface area contributed by atoms with Crippen molar-refractivity contribution in [2.45, 2.75) is 51.6 Å². The molecule has 0 amide bonds. The van der Waals surface area contributed by atoms with Crippen molar-refractivity contribution in [1.82, 2.24) is 14.7 Å². The van der Waals surface area contributed by atoms with Crippen molar-refractivity contribution in [1.29, 1.82) is 0 Å². The smallest absolute Gasteiger partial charge is 0.0641 e. The summed E-state index contributed by atoms with van der Waals surface area (Å²) in [7, 11) is 4.21. The van der Waals surface area contributed by atoms with E-state index >= 15 is 0 Å². The minimum atomic E-state index is 0.298. The predicted molar refractivity (Wildman–Crippen MR) is 78.9 cm³/mol. The molecule has 0 saturated heterocycles. The summed E-state index contributed by atoms with van der Waals surface area (Å²) in [4.78, 5) is 2.48. The van der Waals surface area contributed by atoms with Crippen molar-refractivity contribution >= 4 is 0 Å². The number of rotatable bonds is 4. The second kappa shape index (κ2) is 6.06. The van der Waals surface area contributed by atoms with Crippen LogP contribution in [0.2, 0.25) is 0 Å². The molecule has 1 unspecified atom stereocenters. The van der Waals surface area contributed by atoms with Crippen LogP contribution in [-0.2, 0) is 7.05 Å². The molecule has 1 atom stereocenters. The Morgan fingerprint density at radius 2 is 2.05 bits per heavy atom. The van der Waals surface area contributed by atoms with Gasteiger partial charge in [-0.15, -0.1) is 0 Å². The maximum atomic E-state index is 6.04. The second-order valence-electron chi connectivity index (χ2n) is 6.17. The first-order valence-electron chi connectivity index (χ1n) is 7.45. The molecule has 0 aromatic carbocycles.